The molecule has 3 heterocycles. The summed E-state index contributed by atoms with van der Waals surface area (Å²) < 4.78 is 5.54. The minimum Gasteiger partial charge on any atom is -0.476 e. The minimum atomic E-state index is -1.07. The summed E-state index contributed by atoms with van der Waals surface area (Å²) in [5.41, 5.74) is 0.366. The predicted octanol–water partition coefficient (Wildman–Crippen LogP) is 3.14. The third-order valence-electron chi connectivity index (χ3n) is 3.29. The summed E-state index contributed by atoms with van der Waals surface area (Å²) in [7, 11) is 0. The van der Waals surface area contributed by atoms with Gasteiger partial charge in [-0.3, -0.25) is 5.10 Å². The Kier molecular flexibility index (Phi) is 3.26. The molecule has 1 unspecified atom stereocenters. The van der Waals surface area contributed by atoms with Crippen molar-refractivity contribution < 1.29 is 14.3 Å². The maximum Gasteiger partial charge on any atom is 0.356 e. The number of nitrogens with zero attached hydrogens (tertiary/aromatic N) is 1. The van der Waals surface area contributed by atoms with Gasteiger partial charge in [-0.15, -0.1) is 0 Å². The minimum absolute atomic E-state index is 0.0374. The molecule has 6 nitrogen and oxygen atoms in total. The van der Waals surface area contributed by atoms with E-state index in [9.17, 15) is 4.79 Å². The Bertz CT molecular complexity index is 697. The van der Waals surface area contributed by atoms with E-state index in [4.69, 9.17) is 9.52 Å². The van der Waals surface area contributed by atoms with Crippen LogP contribution in [0.3, 0.4) is 0 Å². The second-order valence-electron chi connectivity index (χ2n) is 4.71. The molecule has 0 aromatic carbocycles. The van der Waals surface area contributed by atoms with Gasteiger partial charge in [-0.05, 0) is 41.4 Å². The number of aromatic amines is 1. The Morgan fingerprint density at radius 1 is 1.52 bits per heavy atom. The van der Waals surface area contributed by atoms with Crippen LogP contribution >= 0.6 is 11.3 Å². The van der Waals surface area contributed by atoms with Gasteiger partial charge in [0.05, 0.1) is 6.26 Å². The normalized spacial score (nSPS) is 13.8. The third-order valence-corrected chi connectivity index (χ3v) is 3.98. The van der Waals surface area contributed by atoms with Crippen LogP contribution in [0.4, 0.5) is 5.82 Å². The first-order valence-corrected chi connectivity index (χ1v) is 7.17. The summed E-state index contributed by atoms with van der Waals surface area (Å²) in [5, 5.41) is 22.6. The average Bonchev–Trinajstić information content (AvgIpc) is 3.20. The van der Waals surface area contributed by atoms with E-state index >= 15 is 0 Å². The molecule has 7 heteroatoms. The molecule has 0 saturated carbocycles. The molecule has 0 radical (unpaired) electrons. The number of furan rings is 1. The van der Waals surface area contributed by atoms with Gasteiger partial charge in [0.25, 0.3) is 0 Å². The van der Waals surface area contributed by atoms with E-state index in [1.165, 1.54) is 6.07 Å². The van der Waals surface area contributed by atoms with Gasteiger partial charge in [-0.2, -0.15) is 16.4 Å². The van der Waals surface area contributed by atoms with Gasteiger partial charge in [0.15, 0.2) is 5.69 Å². The van der Waals surface area contributed by atoms with E-state index in [0.717, 1.165) is 11.3 Å². The van der Waals surface area contributed by atoms with Crippen LogP contribution in [0.15, 0.2) is 45.7 Å². The number of thiophene rings is 1. The van der Waals surface area contributed by atoms with Crippen molar-refractivity contribution in [2.75, 3.05) is 5.32 Å². The van der Waals surface area contributed by atoms with Crippen LogP contribution in [0.2, 0.25) is 0 Å². The van der Waals surface area contributed by atoms with E-state index in [1.807, 2.05) is 35.9 Å². The largest absolute Gasteiger partial charge is 0.476 e. The lowest BCUT2D eigenvalue weighted by molar-refractivity contribution is 0.0690. The van der Waals surface area contributed by atoms with E-state index < -0.39 is 11.5 Å². The fourth-order valence-electron chi connectivity index (χ4n) is 2.15. The number of aromatic carboxylic acids is 1. The molecule has 0 aliphatic carbocycles. The van der Waals surface area contributed by atoms with Crippen LogP contribution in [-0.2, 0) is 5.54 Å². The van der Waals surface area contributed by atoms with Crippen LogP contribution in [0.5, 0.6) is 0 Å². The first kappa shape index (κ1) is 13.4. The molecule has 0 aliphatic rings. The number of carboxylic acids is 1. The highest BCUT2D eigenvalue weighted by Crippen LogP contribution is 2.34. The zero-order chi connectivity index (χ0) is 14.9. The zero-order valence-electron chi connectivity index (χ0n) is 11.2. The Morgan fingerprint density at radius 3 is 2.95 bits per heavy atom. The van der Waals surface area contributed by atoms with Gasteiger partial charge >= 0.3 is 5.97 Å². The Balaban J connectivity index is 1.98. The van der Waals surface area contributed by atoms with Crippen molar-refractivity contribution in [3.05, 3.63) is 58.3 Å². The molecule has 0 saturated heterocycles. The second kappa shape index (κ2) is 5.10. The Labute approximate surface area is 124 Å². The van der Waals surface area contributed by atoms with Gasteiger partial charge in [0.2, 0.25) is 0 Å². The van der Waals surface area contributed by atoms with Crippen molar-refractivity contribution in [3.63, 3.8) is 0 Å². The lowest BCUT2D eigenvalue weighted by Gasteiger charge is -2.28. The number of nitrogens with one attached hydrogen (secondary N) is 2. The van der Waals surface area contributed by atoms with Gasteiger partial charge in [-0.1, -0.05) is 0 Å². The predicted molar refractivity (Wildman–Crippen MR) is 78.7 cm³/mol. The quantitative estimate of drug-likeness (QED) is 0.673. The van der Waals surface area contributed by atoms with E-state index in [-0.39, 0.29) is 5.69 Å². The summed E-state index contributed by atoms with van der Waals surface area (Å²) in [6.07, 6.45) is 1.61. The molecule has 0 amide bonds. The van der Waals surface area contributed by atoms with Crippen molar-refractivity contribution in [3.8, 4) is 0 Å². The van der Waals surface area contributed by atoms with Crippen molar-refractivity contribution >= 4 is 23.1 Å². The van der Waals surface area contributed by atoms with E-state index in [0.29, 0.717) is 5.82 Å². The molecule has 3 N–H and O–H groups in total. The number of rotatable bonds is 5. The van der Waals surface area contributed by atoms with Crippen LogP contribution in [0, 0.1) is 0 Å². The molecular formula is C14H13N3O3S. The number of carboxylic acid groups (broad SMARTS) is 1. The summed E-state index contributed by atoms with van der Waals surface area (Å²) in [5.74, 6) is 0.166. The standard InChI is InChI=1S/C14H13N3O3S/c1-14(9-4-6-21-8-9,11-3-2-5-20-11)15-12-7-10(13(18)19)16-17-12/h2-8H,1H3,(H,18,19)(H2,15,16,17). The first-order chi connectivity index (χ1) is 10.1. The highest BCUT2D eigenvalue weighted by molar-refractivity contribution is 7.08. The molecule has 21 heavy (non-hydrogen) atoms. The van der Waals surface area contributed by atoms with Crippen LogP contribution < -0.4 is 5.32 Å². The molecule has 108 valence electrons. The number of hydrogen-bond donors (Lipinski definition) is 3. The van der Waals surface area contributed by atoms with Crippen LogP contribution in [0.1, 0.15) is 28.7 Å². The van der Waals surface area contributed by atoms with Gasteiger partial charge in [0, 0.05) is 6.07 Å². The molecule has 0 spiro atoms. The second-order valence-corrected chi connectivity index (χ2v) is 5.49. The summed E-state index contributed by atoms with van der Waals surface area (Å²) in [6, 6.07) is 7.14. The molecule has 3 aromatic rings. The molecule has 0 fully saturated rings. The third kappa shape index (κ3) is 2.43. The summed E-state index contributed by atoms with van der Waals surface area (Å²) in [6.45, 7) is 1.97. The summed E-state index contributed by atoms with van der Waals surface area (Å²) >= 11 is 1.58. The summed E-state index contributed by atoms with van der Waals surface area (Å²) in [4.78, 5) is 10.9. The van der Waals surface area contributed by atoms with Gasteiger partial charge in [-0.25, -0.2) is 4.79 Å². The smallest absolute Gasteiger partial charge is 0.356 e. The van der Waals surface area contributed by atoms with E-state index in [2.05, 4.69) is 15.5 Å². The zero-order valence-corrected chi connectivity index (χ0v) is 12.0. The molecule has 0 aliphatic heterocycles. The van der Waals surface area contributed by atoms with E-state index in [1.54, 1.807) is 17.6 Å². The van der Waals surface area contributed by atoms with Crippen LogP contribution in [-0.4, -0.2) is 21.3 Å². The first-order valence-electron chi connectivity index (χ1n) is 6.23. The van der Waals surface area contributed by atoms with Crippen molar-refractivity contribution in [1.29, 1.82) is 0 Å². The number of aromatic nitrogens is 2. The topological polar surface area (TPSA) is 91.1 Å². The number of carbonyl (C=O) groups is 1. The fourth-order valence-corrected chi connectivity index (χ4v) is 2.92. The van der Waals surface area contributed by atoms with Gasteiger partial charge < -0.3 is 14.8 Å². The number of hydrogen-bond acceptors (Lipinski definition) is 5. The molecule has 1 atom stereocenters. The van der Waals surface area contributed by atoms with Crippen molar-refractivity contribution in [1.82, 2.24) is 10.2 Å². The molecular weight excluding hydrogens is 290 g/mol. The lowest BCUT2D eigenvalue weighted by Crippen LogP contribution is -2.32. The Morgan fingerprint density at radius 2 is 2.38 bits per heavy atom. The monoisotopic (exact) mass is 303 g/mol. The number of anilines is 1. The average molecular weight is 303 g/mol. The van der Waals surface area contributed by atoms with Crippen molar-refractivity contribution in [2.24, 2.45) is 0 Å². The Hall–Kier alpha value is -2.54. The number of H-pyrrole nitrogens is 1. The maximum absolute atomic E-state index is 10.9. The highest BCUT2D eigenvalue weighted by Gasteiger charge is 2.33. The fraction of sp³-hybridized carbons (Fsp3) is 0.143. The highest BCUT2D eigenvalue weighted by atomic mass is 32.1. The van der Waals surface area contributed by atoms with Crippen molar-refractivity contribution in [2.45, 2.75) is 12.5 Å². The maximum atomic E-state index is 10.9. The SMILES string of the molecule is CC(Nc1cc(C(=O)O)n[nH]1)(c1ccsc1)c1ccco1. The van der Waals surface area contributed by atoms with Gasteiger partial charge in [0.1, 0.15) is 17.1 Å². The molecule has 3 aromatic heterocycles. The van der Waals surface area contributed by atoms with Crippen LogP contribution in [0.25, 0.3) is 0 Å². The lowest BCUT2D eigenvalue weighted by atomic mass is 9.91. The molecule has 0 bridgehead atoms. The molecule has 3 rings (SSSR count).